The molecule has 6 rings (SSSR count). The summed E-state index contributed by atoms with van der Waals surface area (Å²) in [5, 5.41) is 12.3. The quantitative estimate of drug-likeness (QED) is 0.575. The molecule has 1 unspecified atom stereocenters. The molecule has 0 amide bonds. The van der Waals surface area contributed by atoms with E-state index in [1.165, 1.54) is 23.0 Å². The maximum atomic E-state index is 14.9. The fourth-order valence-electron chi connectivity index (χ4n) is 4.94. The lowest BCUT2D eigenvalue weighted by molar-refractivity contribution is 0.0856. The summed E-state index contributed by atoms with van der Waals surface area (Å²) in [6.07, 6.45) is 2.54. The molecule has 0 saturated heterocycles. The molecule has 1 fully saturated rings. The van der Waals surface area contributed by atoms with Crippen LogP contribution in [0.3, 0.4) is 0 Å². The third-order valence-electron chi connectivity index (χ3n) is 6.82. The predicted octanol–water partition coefficient (Wildman–Crippen LogP) is 4.28. The molecule has 1 aromatic heterocycles. The molecule has 168 valence electrons. The van der Waals surface area contributed by atoms with Gasteiger partial charge in [-0.1, -0.05) is 18.2 Å². The molecule has 1 saturated carbocycles. The molecule has 0 radical (unpaired) electrons. The van der Waals surface area contributed by atoms with E-state index in [1.54, 1.807) is 17.1 Å². The van der Waals surface area contributed by atoms with Crippen molar-refractivity contribution in [3.05, 3.63) is 92.7 Å². The summed E-state index contributed by atoms with van der Waals surface area (Å²) in [6.45, 7) is 0.227. The van der Waals surface area contributed by atoms with Gasteiger partial charge in [0.15, 0.2) is 28.9 Å². The van der Waals surface area contributed by atoms with Gasteiger partial charge in [0.1, 0.15) is 5.82 Å². The molecule has 2 aromatic carbocycles. The van der Waals surface area contributed by atoms with Gasteiger partial charge in [-0.3, -0.25) is 19.3 Å². The normalized spacial score (nSPS) is 20.2. The number of halogens is 3. The number of carbonyl (C=O) groups is 1. The van der Waals surface area contributed by atoms with E-state index in [4.69, 9.17) is 0 Å². The molecule has 1 aliphatic carbocycles. The van der Waals surface area contributed by atoms with Crippen LogP contribution in [0.1, 0.15) is 46.1 Å². The van der Waals surface area contributed by atoms with Crippen LogP contribution in [-0.2, 0) is 5.75 Å². The summed E-state index contributed by atoms with van der Waals surface area (Å²) in [4.78, 5) is 25.7. The summed E-state index contributed by atoms with van der Waals surface area (Å²) < 4.78 is 45.4. The number of nitrogens with zero attached hydrogens (tertiary/aromatic N) is 2. The van der Waals surface area contributed by atoms with Crippen molar-refractivity contribution < 1.29 is 23.1 Å². The topological polar surface area (TPSA) is 62.5 Å². The standard InChI is InChI=1S/C24H17F3N2O3S/c25-15-5-4-12-14(18(15)27)10-33-22-13(2-1-3-16(22)26)19(12)29-11-24(7-8-24)23(32)20-21(31)17(30)6-9-28(20)29/h1-6,9,19,31H,7-8,10-11H2. The fourth-order valence-corrected chi connectivity index (χ4v) is 6.07. The first-order valence-corrected chi connectivity index (χ1v) is 11.5. The molecule has 1 spiro atoms. The maximum Gasteiger partial charge on any atom is 0.224 e. The molecule has 9 heteroatoms. The van der Waals surface area contributed by atoms with E-state index in [2.05, 4.69) is 0 Å². The van der Waals surface area contributed by atoms with Gasteiger partial charge in [-0.2, -0.15) is 0 Å². The summed E-state index contributed by atoms with van der Waals surface area (Å²) in [5.41, 5.74) is -0.487. The number of Topliss-reactive ketones (excluding diaryl/α,β-unsaturated/α-hetero) is 1. The maximum absolute atomic E-state index is 14.9. The van der Waals surface area contributed by atoms with Crippen LogP contribution in [0.4, 0.5) is 13.2 Å². The Morgan fingerprint density at radius 1 is 1.00 bits per heavy atom. The number of aromatic nitrogens is 1. The van der Waals surface area contributed by atoms with Gasteiger partial charge in [-0.15, -0.1) is 11.8 Å². The zero-order valence-electron chi connectivity index (χ0n) is 17.1. The molecule has 0 bridgehead atoms. The number of ketones is 1. The van der Waals surface area contributed by atoms with Crippen molar-refractivity contribution in [3.63, 3.8) is 0 Å². The third-order valence-corrected chi connectivity index (χ3v) is 7.98. The number of carbonyl (C=O) groups excluding carboxylic acids is 1. The molecular weight excluding hydrogens is 453 g/mol. The highest BCUT2D eigenvalue weighted by Gasteiger charge is 2.56. The van der Waals surface area contributed by atoms with Crippen LogP contribution >= 0.6 is 11.8 Å². The van der Waals surface area contributed by atoms with Crippen LogP contribution in [-0.4, -0.2) is 22.1 Å². The lowest BCUT2D eigenvalue weighted by atomic mass is 9.89. The van der Waals surface area contributed by atoms with Crippen molar-refractivity contribution in [2.24, 2.45) is 5.41 Å². The van der Waals surface area contributed by atoms with Crippen LogP contribution in [0.2, 0.25) is 0 Å². The number of rotatable bonds is 1. The first-order chi connectivity index (χ1) is 15.8. The highest BCUT2D eigenvalue weighted by atomic mass is 32.2. The van der Waals surface area contributed by atoms with Crippen molar-refractivity contribution in [3.8, 4) is 5.75 Å². The zero-order valence-corrected chi connectivity index (χ0v) is 18.0. The lowest BCUT2D eigenvalue weighted by Gasteiger charge is -2.43. The largest absolute Gasteiger partial charge is 0.503 e. The van der Waals surface area contributed by atoms with E-state index >= 15 is 0 Å². The summed E-state index contributed by atoms with van der Waals surface area (Å²) >= 11 is 1.09. The zero-order chi connectivity index (χ0) is 23.1. The second kappa shape index (κ2) is 6.90. The molecule has 1 N–H and O–H groups in total. The monoisotopic (exact) mass is 470 g/mol. The Hall–Kier alpha value is -3.20. The van der Waals surface area contributed by atoms with Crippen molar-refractivity contribution in [2.75, 3.05) is 11.6 Å². The number of hydrogen-bond acceptors (Lipinski definition) is 5. The average molecular weight is 470 g/mol. The van der Waals surface area contributed by atoms with Crippen molar-refractivity contribution >= 4 is 17.5 Å². The molecule has 2 aliphatic heterocycles. The van der Waals surface area contributed by atoms with E-state index in [9.17, 15) is 27.9 Å². The molecule has 5 nitrogen and oxygen atoms in total. The summed E-state index contributed by atoms with van der Waals surface area (Å²) in [6, 6.07) is 7.49. The number of thioether (sulfide) groups is 1. The second-order valence-electron chi connectivity index (χ2n) is 8.71. The van der Waals surface area contributed by atoms with Gasteiger partial charge in [0.25, 0.3) is 0 Å². The Labute approximate surface area is 190 Å². The van der Waals surface area contributed by atoms with Gasteiger partial charge >= 0.3 is 0 Å². The van der Waals surface area contributed by atoms with Crippen LogP contribution in [0.15, 0.2) is 52.3 Å². The Kier molecular flexibility index (Phi) is 4.27. The minimum atomic E-state index is -0.992. The fraction of sp³-hybridized carbons (Fsp3) is 0.250. The third kappa shape index (κ3) is 2.81. The summed E-state index contributed by atoms with van der Waals surface area (Å²) in [5.74, 6) is -3.39. The van der Waals surface area contributed by atoms with Gasteiger partial charge in [-0.25, -0.2) is 13.2 Å². The van der Waals surface area contributed by atoms with Gasteiger partial charge in [0.05, 0.1) is 11.5 Å². The highest BCUT2D eigenvalue weighted by molar-refractivity contribution is 7.98. The highest BCUT2D eigenvalue weighted by Crippen LogP contribution is 2.54. The average Bonchev–Trinajstić information content (AvgIpc) is 3.59. The van der Waals surface area contributed by atoms with E-state index in [1.807, 2.05) is 0 Å². The van der Waals surface area contributed by atoms with Crippen molar-refractivity contribution in [1.29, 1.82) is 0 Å². The van der Waals surface area contributed by atoms with Gasteiger partial charge in [0, 0.05) is 35.0 Å². The molecule has 3 aliphatic rings. The van der Waals surface area contributed by atoms with Crippen LogP contribution in [0.5, 0.6) is 5.75 Å². The number of aromatic hydroxyl groups is 1. The molecule has 33 heavy (non-hydrogen) atoms. The number of pyridine rings is 1. The Morgan fingerprint density at radius 3 is 2.55 bits per heavy atom. The molecule has 3 aromatic rings. The predicted molar refractivity (Wildman–Crippen MR) is 116 cm³/mol. The van der Waals surface area contributed by atoms with E-state index in [-0.39, 0.29) is 29.3 Å². The first kappa shape index (κ1) is 20.4. The van der Waals surface area contributed by atoms with Crippen LogP contribution in [0.25, 0.3) is 0 Å². The SMILES string of the molecule is O=C1c2c(O)c(=O)ccn2N(C2c3ccc(F)c(F)c3CSc3c(F)cccc32)CC12CC2. The van der Waals surface area contributed by atoms with Gasteiger partial charge < -0.3 is 5.11 Å². The smallest absolute Gasteiger partial charge is 0.224 e. The van der Waals surface area contributed by atoms with E-state index < -0.39 is 40.1 Å². The van der Waals surface area contributed by atoms with Gasteiger partial charge in [0.2, 0.25) is 5.43 Å². The number of benzene rings is 2. The Bertz CT molecular complexity index is 1420. The summed E-state index contributed by atoms with van der Waals surface area (Å²) in [7, 11) is 0. The second-order valence-corrected chi connectivity index (χ2v) is 9.69. The van der Waals surface area contributed by atoms with Crippen molar-refractivity contribution in [1.82, 2.24) is 4.68 Å². The van der Waals surface area contributed by atoms with Crippen LogP contribution in [0, 0.1) is 22.9 Å². The molecule has 1 atom stereocenters. The Morgan fingerprint density at radius 2 is 1.79 bits per heavy atom. The first-order valence-electron chi connectivity index (χ1n) is 10.5. The van der Waals surface area contributed by atoms with E-state index in [0.717, 1.165) is 23.9 Å². The number of hydrogen-bond donors (Lipinski definition) is 1. The molecule has 3 heterocycles. The number of fused-ring (bicyclic) bond motifs is 3. The molecular formula is C24H17F3N2O3S. The van der Waals surface area contributed by atoms with Crippen molar-refractivity contribution in [2.45, 2.75) is 29.5 Å². The minimum absolute atomic E-state index is 0.0313. The van der Waals surface area contributed by atoms with Crippen LogP contribution < -0.4 is 10.4 Å². The van der Waals surface area contributed by atoms with E-state index in [0.29, 0.717) is 28.9 Å². The minimum Gasteiger partial charge on any atom is -0.503 e. The lowest BCUT2D eigenvalue weighted by Crippen LogP contribution is -2.51. The Balaban J connectivity index is 1.66. The van der Waals surface area contributed by atoms with Gasteiger partial charge in [-0.05, 0) is 36.1 Å².